The lowest BCUT2D eigenvalue weighted by Crippen LogP contribution is -2.55. The van der Waals surface area contributed by atoms with Crippen LogP contribution in [0, 0.1) is 5.92 Å². The zero-order valence-electron chi connectivity index (χ0n) is 15.3. The molecule has 2 aliphatic rings. The van der Waals surface area contributed by atoms with E-state index in [0.717, 1.165) is 13.0 Å². The summed E-state index contributed by atoms with van der Waals surface area (Å²) >= 11 is 0. The maximum absolute atomic E-state index is 12.1. The molecule has 3 rings (SSSR count). The van der Waals surface area contributed by atoms with Crippen molar-refractivity contribution >= 4 is 6.09 Å². The third-order valence-corrected chi connectivity index (χ3v) is 5.09. The van der Waals surface area contributed by atoms with Crippen LogP contribution in [-0.4, -0.2) is 49.4 Å². The van der Waals surface area contributed by atoms with E-state index in [-0.39, 0.29) is 24.3 Å². The van der Waals surface area contributed by atoms with Gasteiger partial charge in [0.05, 0.1) is 19.3 Å². The Hall–Kier alpha value is -1.59. The number of hydrogen-bond donors (Lipinski definition) is 1. The third kappa shape index (κ3) is 5.19. The van der Waals surface area contributed by atoms with Crippen molar-refractivity contribution in [1.29, 1.82) is 0 Å². The van der Waals surface area contributed by atoms with E-state index in [1.807, 2.05) is 13.0 Å². The van der Waals surface area contributed by atoms with Crippen LogP contribution in [0.25, 0.3) is 0 Å². The second-order valence-electron chi connectivity index (χ2n) is 7.15. The van der Waals surface area contributed by atoms with Crippen molar-refractivity contribution in [3.63, 3.8) is 0 Å². The molecule has 1 saturated heterocycles. The summed E-state index contributed by atoms with van der Waals surface area (Å²) in [5.74, 6) is 0.713. The van der Waals surface area contributed by atoms with E-state index in [9.17, 15) is 4.79 Å². The Morgan fingerprint density at radius 2 is 2.04 bits per heavy atom. The van der Waals surface area contributed by atoms with Gasteiger partial charge in [-0.25, -0.2) is 4.79 Å². The molecule has 3 atom stereocenters. The van der Waals surface area contributed by atoms with E-state index in [2.05, 4.69) is 36.5 Å². The van der Waals surface area contributed by atoms with Gasteiger partial charge < -0.3 is 19.7 Å². The van der Waals surface area contributed by atoms with Crippen molar-refractivity contribution < 1.29 is 14.3 Å². The monoisotopic (exact) mass is 346 g/mol. The fourth-order valence-electron chi connectivity index (χ4n) is 3.36. The molecule has 1 amide bonds. The highest BCUT2D eigenvalue weighted by molar-refractivity contribution is 5.67. The standard InChI is InChI=1S/C20H30N2O3/c1-3-24-20(23)22-12-11-18(19(13-22)25-14-16-9-10-16)21-15(2)17-7-5-4-6-8-17/h4-8,15-16,18-19,21H,3,9-14H2,1-2H3/t15-,18?,19?/m1/s1. The molecule has 1 aliphatic heterocycles. The first-order chi connectivity index (χ1) is 12.2. The molecule has 1 aromatic carbocycles. The number of likely N-dealkylation sites (tertiary alicyclic amines) is 1. The first kappa shape index (κ1) is 18.2. The van der Waals surface area contributed by atoms with Crippen molar-refractivity contribution in [3.8, 4) is 0 Å². The smallest absolute Gasteiger partial charge is 0.409 e. The Kier molecular flexibility index (Phi) is 6.32. The van der Waals surface area contributed by atoms with Gasteiger partial charge in [-0.1, -0.05) is 30.3 Å². The molecule has 2 unspecified atom stereocenters. The Morgan fingerprint density at radius 3 is 2.72 bits per heavy atom. The van der Waals surface area contributed by atoms with Gasteiger partial charge >= 0.3 is 6.09 Å². The topological polar surface area (TPSA) is 50.8 Å². The van der Waals surface area contributed by atoms with Gasteiger partial charge in [0.15, 0.2) is 0 Å². The SMILES string of the molecule is CCOC(=O)N1CCC(N[C@H](C)c2ccccc2)C(OCC2CC2)C1. The summed E-state index contributed by atoms with van der Waals surface area (Å²) in [6, 6.07) is 11.0. The Balaban J connectivity index is 1.60. The molecule has 25 heavy (non-hydrogen) atoms. The molecule has 1 saturated carbocycles. The fraction of sp³-hybridized carbons (Fsp3) is 0.650. The minimum atomic E-state index is -0.225. The number of rotatable bonds is 7. The van der Waals surface area contributed by atoms with Crippen molar-refractivity contribution in [2.24, 2.45) is 5.92 Å². The highest BCUT2D eigenvalue weighted by Gasteiger charge is 2.35. The first-order valence-corrected chi connectivity index (χ1v) is 9.51. The summed E-state index contributed by atoms with van der Waals surface area (Å²) in [5, 5.41) is 3.72. The zero-order valence-corrected chi connectivity index (χ0v) is 15.3. The lowest BCUT2D eigenvalue weighted by atomic mass is 9.99. The quantitative estimate of drug-likeness (QED) is 0.822. The molecular formula is C20H30N2O3. The minimum Gasteiger partial charge on any atom is -0.450 e. The predicted molar refractivity (Wildman–Crippen MR) is 97.5 cm³/mol. The molecular weight excluding hydrogens is 316 g/mol. The highest BCUT2D eigenvalue weighted by Crippen LogP contribution is 2.30. The van der Waals surface area contributed by atoms with Crippen LogP contribution in [0.15, 0.2) is 30.3 Å². The molecule has 5 heteroatoms. The average Bonchev–Trinajstić information content (AvgIpc) is 3.46. The van der Waals surface area contributed by atoms with Crippen LogP contribution in [0.2, 0.25) is 0 Å². The summed E-state index contributed by atoms with van der Waals surface area (Å²) < 4.78 is 11.4. The van der Waals surface area contributed by atoms with Gasteiger partial charge in [0.1, 0.15) is 0 Å². The van der Waals surface area contributed by atoms with Crippen LogP contribution < -0.4 is 5.32 Å². The second-order valence-corrected chi connectivity index (χ2v) is 7.15. The van der Waals surface area contributed by atoms with Crippen molar-refractivity contribution in [3.05, 3.63) is 35.9 Å². The van der Waals surface area contributed by atoms with E-state index in [1.165, 1.54) is 18.4 Å². The summed E-state index contributed by atoms with van der Waals surface area (Å²) in [6.45, 7) is 6.56. The summed E-state index contributed by atoms with van der Waals surface area (Å²) in [6.07, 6.45) is 3.22. The van der Waals surface area contributed by atoms with Crippen LogP contribution in [0.3, 0.4) is 0 Å². The summed E-state index contributed by atoms with van der Waals surface area (Å²) in [7, 11) is 0. The Labute approximate surface area is 150 Å². The van der Waals surface area contributed by atoms with Crippen LogP contribution in [0.1, 0.15) is 44.7 Å². The summed E-state index contributed by atoms with van der Waals surface area (Å²) in [5.41, 5.74) is 1.27. The van der Waals surface area contributed by atoms with Crippen LogP contribution >= 0.6 is 0 Å². The molecule has 138 valence electrons. The summed E-state index contributed by atoms with van der Waals surface area (Å²) in [4.78, 5) is 13.9. The number of hydrogen-bond acceptors (Lipinski definition) is 4. The van der Waals surface area contributed by atoms with Crippen molar-refractivity contribution in [1.82, 2.24) is 10.2 Å². The molecule has 0 bridgehead atoms. The van der Waals surface area contributed by atoms with Gasteiger partial charge in [-0.15, -0.1) is 0 Å². The van der Waals surface area contributed by atoms with E-state index in [0.29, 0.717) is 25.6 Å². The number of carbonyl (C=O) groups is 1. The molecule has 5 nitrogen and oxygen atoms in total. The largest absolute Gasteiger partial charge is 0.450 e. The molecule has 1 N–H and O–H groups in total. The lowest BCUT2D eigenvalue weighted by molar-refractivity contribution is -0.0273. The van der Waals surface area contributed by atoms with E-state index < -0.39 is 0 Å². The number of nitrogens with one attached hydrogen (secondary N) is 1. The van der Waals surface area contributed by atoms with Crippen LogP contribution in [0.4, 0.5) is 4.79 Å². The molecule has 0 radical (unpaired) electrons. The van der Waals surface area contributed by atoms with Gasteiger partial charge in [0, 0.05) is 25.2 Å². The normalized spacial score (nSPS) is 24.8. The first-order valence-electron chi connectivity index (χ1n) is 9.51. The lowest BCUT2D eigenvalue weighted by Gasteiger charge is -2.39. The molecule has 0 spiro atoms. The number of carbonyl (C=O) groups excluding carboxylic acids is 1. The van der Waals surface area contributed by atoms with E-state index >= 15 is 0 Å². The second kappa shape index (κ2) is 8.68. The number of benzene rings is 1. The van der Waals surface area contributed by atoms with Gasteiger partial charge in [-0.2, -0.15) is 0 Å². The number of piperidine rings is 1. The van der Waals surface area contributed by atoms with E-state index in [1.54, 1.807) is 4.90 Å². The highest BCUT2D eigenvalue weighted by atomic mass is 16.6. The number of amides is 1. The average molecular weight is 346 g/mol. The molecule has 2 fully saturated rings. The van der Waals surface area contributed by atoms with E-state index in [4.69, 9.17) is 9.47 Å². The van der Waals surface area contributed by atoms with Crippen LogP contribution in [0.5, 0.6) is 0 Å². The predicted octanol–water partition coefficient (Wildman–Crippen LogP) is 3.36. The Bertz CT molecular complexity index is 547. The van der Waals surface area contributed by atoms with Gasteiger partial charge in [-0.3, -0.25) is 0 Å². The molecule has 1 aromatic rings. The molecule has 0 aromatic heterocycles. The van der Waals surface area contributed by atoms with Crippen molar-refractivity contribution in [2.75, 3.05) is 26.3 Å². The molecule has 1 aliphatic carbocycles. The zero-order chi connectivity index (χ0) is 17.6. The van der Waals surface area contributed by atoms with Gasteiger partial charge in [0.25, 0.3) is 0 Å². The maximum atomic E-state index is 12.1. The van der Waals surface area contributed by atoms with Gasteiger partial charge in [0.2, 0.25) is 0 Å². The van der Waals surface area contributed by atoms with Crippen molar-refractivity contribution in [2.45, 2.75) is 51.3 Å². The fourth-order valence-corrected chi connectivity index (χ4v) is 3.36. The number of nitrogens with zero attached hydrogens (tertiary/aromatic N) is 1. The van der Waals surface area contributed by atoms with Gasteiger partial charge in [-0.05, 0) is 44.6 Å². The van der Waals surface area contributed by atoms with Crippen LogP contribution in [-0.2, 0) is 9.47 Å². The molecule has 1 heterocycles. The maximum Gasteiger partial charge on any atom is 0.409 e. The number of ether oxygens (including phenoxy) is 2. The Morgan fingerprint density at radius 1 is 1.28 bits per heavy atom. The minimum absolute atomic E-state index is 0.0184. The third-order valence-electron chi connectivity index (χ3n) is 5.09.